The Balaban J connectivity index is 1.91. The van der Waals surface area contributed by atoms with Crippen LogP contribution >= 0.6 is 11.3 Å². The predicted molar refractivity (Wildman–Crippen MR) is 79.1 cm³/mol. The third-order valence-corrected chi connectivity index (χ3v) is 3.46. The summed E-state index contributed by atoms with van der Waals surface area (Å²) in [5, 5.41) is 5.92. The smallest absolute Gasteiger partial charge is 0.224 e. The Kier molecular flexibility index (Phi) is 3.42. The molecular formula is C13H12FN5S. The molecule has 0 fully saturated rings. The zero-order chi connectivity index (χ0) is 13.9. The van der Waals surface area contributed by atoms with E-state index < -0.39 is 5.82 Å². The summed E-state index contributed by atoms with van der Waals surface area (Å²) in [6, 6.07) is 5.65. The normalized spacial score (nSPS) is 10.7. The number of halogens is 1. The zero-order valence-electron chi connectivity index (χ0n) is 10.7. The van der Waals surface area contributed by atoms with Crippen LogP contribution in [0.15, 0.2) is 29.9 Å². The molecule has 0 aliphatic carbocycles. The summed E-state index contributed by atoms with van der Waals surface area (Å²) in [5.41, 5.74) is 3.47. The van der Waals surface area contributed by atoms with Crippen LogP contribution in [-0.4, -0.2) is 21.5 Å². The van der Waals surface area contributed by atoms with Crippen molar-refractivity contribution < 1.29 is 4.39 Å². The second kappa shape index (κ2) is 5.38. The summed E-state index contributed by atoms with van der Waals surface area (Å²) < 4.78 is 14.8. The van der Waals surface area contributed by atoms with Crippen molar-refractivity contribution in [3.05, 3.63) is 35.7 Å². The van der Waals surface area contributed by atoms with E-state index in [4.69, 9.17) is 0 Å². The van der Waals surface area contributed by atoms with E-state index in [1.54, 1.807) is 5.51 Å². The molecule has 5 nitrogen and oxygen atoms in total. The Hall–Kier alpha value is -2.28. The average Bonchev–Trinajstić information content (AvgIpc) is 2.90. The quantitative estimate of drug-likeness (QED) is 0.770. The number of hydrogen-bond donors (Lipinski definition) is 2. The van der Waals surface area contributed by atoms with Crippen LogP contribution in [0.25, 0.3) is 10.2 Å². The minimum atomic E-state index is -0.490. The zero-order valence-corrected chi connectivity index (χ0v) is 11.5. The first-order valence-electron chi connectivity index (χ1n) is 6.13. The van der Waals surface area contributed by atoms with E-state index in [-0.39, 0.29) is 5.82 Å². The molecule has 102 valence electrons. The van der Waals surface area contributed by atoms with Crippen molar-refractivity contribution in [2.75, 3.05) is 17.2 Å². The van der Waals surface area contributed by atoms with Crippen LogP contribution in [0.1, 0.15) is 6.92 Å². The van der Waals surface area contributed by atoms with E-state index in [0.29, 0.717) is 12.5 Å². The second-order valence-electron chi connectivity index (χ2n) is 4.08. The summed E-state index contributed by atoms with van der Waals surface area (Å²) in [5.74, 6) is 0.0612. The van der Waals surface area contributed by atoms with Gasteiger partial charge in [-0.25, -0.2) is 14.4 Å². The Morgan fingerprint density at radius 1 is 1.30 bits per heavy atom. The number of benzene rings is 1. The fraction of sp³-hybridized carbons (Fsp3) is 0.154. The molecule has 3 rings (SSSR count). The molecular weight excluding hydrogens is 277 g/mol. The first-order chi connectivity index (χ1) is 9.76. The molecule has 0 saturated carbocycles. The van der Waals surface area contributed by atoms with E-state index in [9.17, 15) is 4.39 Å². The summed E-state index contributed by atoms with van der Waals surface area (Å²) in [6.07, 6.45) is 1.15. The maximum Gasteiger partial charge on any atom is 0.224 e. The Morgan fingerprint density at radius 2 is 2.20 bits per heavy atom. The van der Waals surface area contributed by atoms with E-state index in [1.165, 1.54) is 11.3 Å². The number of aromatic nitrogens is 3. The van der Waals surface area contributed by atoms with E-state index >= 15 is 0 Å². The molecule has 2 N–H and O–H groups in total. The third kappa shape index (κ3) is 2.53. The van der Waals surface area contributed by atoms with Crippen molar-refractivity contribution in [1.29, 1.82) is 0 Å². The number of rotatable bonds is 4. The second-order valence-corrected chi connectivity index (χ2v) is 4.97. The van der Waals surface area contributed by atoms with Crippen LogP contribution in [0.4, 0.5) is 21.8 Å². The van der Waals surface area contributed by atoms with Crippen molar-refractivity contribution in [3.63, 3.8) is 0 Å². The van der Waals surface area contributed by atoms with Crippen LogP contribution in [0, 0.1) is 5.82 Å². The third-order valence-electron chi connectivity index (χ3n) is 2.67. The highest BCUT2D eigenvalue weighted by atomic mass is 32.1. The van der Waals surface area contributed by atoms with Crippen LogP contribution in [0.3, 0.4) is 0 Å². The van der Waals surface area contributed by atoms with Crippen molar-refractivity contribution in [3.8, 4) is 0 Å². The molecule has 3 aromatic rings. The summed E-state index contributed by atoms with van der Waals surface area (Å²) >= 11 is 1.54. The molecule has 2 heterocycles. The molecule has 0 saturated heterocycles. The van der Waals surface area contributed by atoms with Crippen LogP contribution in [0.2, 0.25) is 0 Å². The van der Waals surface area contributed by atoms with Crippen LogP contribution < -0.4 is 10.6 Å². The van der Waals surface area contributed by atoms with Crippen molar-refractivity contribution >= 4 is 39.0 Å². The molecule has 0 amide bonds. The first kappa shape index (κ1) is 12.7. The van der Waals surface area contributed by atoms with Gasteiger partial charge in [-0.3, -0.25) is 0 Å². The topological polar surface area (TPSA) is 62.7 Å². The molecule has 7 heteroatoms. The largest absolute Gasteiger partial charge is 0.354 e. The van der Waals surface area contributed by atoms with Crippen molar-refractivity contribution in [1.82, 2.24) is 15.0 Å². The lowest BCUT2D eigenvalue weighted by atomic mass is 10.3. The Labute approximate surface area is 118 Å². The van der Waals surface area contributed by atoms with Gasteiger partial charge in [0.1, 0.15) is 0 Å². The highest BCUT2D eigenvalue weighted by molar-refractivity contribution is 7.16. The highest BCUT2D eigenvalue weighted by Gasteiger charge is 2.07. The van der Waals surface area contributed by atoms with Gasteiger partial charge in [0.25, 0.3) is 0 Å². The maximum atomic E-state index is 13.7. The molecule has 0 bridgehead atoms. The Morgan fingerprint density at radius 3 is 3.05 bits per heavy atom. The SMILES string of the molecule is CCNc1ncc(F)c(Nc2ccc3ncsc3c2)n1. The lowest BCUT2D eigenvalue weighted by molar-refractivity contribution is 0.619. The van der Waals surface area contributed by atoms with Crippen molar-refractivity contribution in [2.24, 2.45) is 0 Å². The Bertz CT molecular complexity index is 742. The van der Waals surface area contributed by atoms with Gasteiger partial charge >= 0.3 is 0 Å². The number of anilines is 3. The van der Waals surface area contributed by atoms with E-state index in [1.807, 2.05) is 25.1 Å². The molecule has 0 atom stereocenters. The standard InChI is InChI=1S/C13H12FN5S/c1-2-15-13-16-6-9(14)12(19-13)18-8-3-4-10-11(5-8)20-7-17-10/h3-7H,2H2,1H3,(H2,15,16,18,19). The molecule has 0 spiro atoms. The van der Waals surface area contributed by atoms with Gasteiger partial charge in [0.2, 0.25) is 5.95 Å². The highest BCUT2D eigenvalue weighted by Crippen LogP contribution is 2.24. The first-order valence-corrected chi connectivity index (χ1v) is 7.01. The molecule has 0 radical (unpaired) electrons. The van der Waals surface area contributed by atoms with Crippen LogP contribution in [0.5, 0.6) is 0 Å². The monoisotopic (exact) mass is 289 g/mol. The van der Waals surface area contributed by atoms with E-state index in [2.05, 4.69) is 25.6 Å². The molecule has 1 aromatic carbocycles. The summed E-state index contributed by atoms with van der Waals surface area (Å²) in [4.78, 5) is 12.2. The van der Waals surface area contributed by atoms with Gasteiger partial charge in [-0.05, 0) is 25.1 Å². The number of fused-ring (bicyclic) bond motifs is 1. The summed E-state index contributed by atoms with van der Waals surface area (Å²) in [7, 11) is 0. The molecule has 0 aliphatic rings. The molecule has 0 aliphatic heterocycles. The molecule has 0 unspecified atom stereocenters. The van der Waals surface area contributed by atoms with Gasteiger partial charge < -0.3 is 10.6 Å². The number of thiazole rings is 1. The maximum absolute atomic E-state index is 13.7. The lowest BCUT2D eigenvalue weighted by Gasteiger charge is -2.08. The van der Waals surface area contributed by atoms with E-state index in [0.717, 1.165) is 22.1 Å². The van der Waals surface area contributed by atoms with Gasteiger partial charge in [0.15, 0.2) is 11.6 Å². The summed E-state index contributed by atoms with van der Waals surface area (Å²) in [6.45, 7) is 2.61. The van der Waals surface area contributed by atoms with Gasteiger partial charge in [0, 0.05) is 12.2 Å². The minimum Gasteiger partial charge on any atom is -0.354 e. The lowest BCUT2D eigenvalue weighted by Crippen LogP contribution is -2.05. The van der Waals surface area contributed by atoms with Gasteiger partial charge in [-0.2, -0.15) is 4.98 Å². The fourth-order valence-corrected chi connectivity index (χ4v) is 2.48. The van der Waals surface area contributed by atoms with Crippen molar-refractivity contribution in [2.45, 2.75) is 6.92 Å². The number of nitrogens with one attached hydrogen (secondary N) is 2. The number of nitrogens with zero attached hydrogens (tertiary/aromatic N) is 3. The average molecular weight is 289 g/mol. The fourth-order valence-electron chi connectivity index (χ4n) is 1.77. The molecule has 20 heavy (non-hydrogen) atoms. The predicted octanol–water partition coefficient (Wildman–Crippen LogP) is 3.40. The number of hydrogen-bond acceptors (Lipinski definition) is 6. The van der Waals surface area contributed by atoms with Gasteiger partial charge in [-0.15, -0.1) is 11.3 Å². The van der Waals surface area contributed by atoms with Gasteiger partial charge in [-0.1, -0.05) is 0 Å². The minimum absolute atomic E-state index is 0.153. The van der Waals surface area contributed by atoms with Gasteiger partial charge in [0.05, 0.1) is 21.9 Å². The molecule has 2 aromatic heterocycles. The van der Waals surface area contributed by atoms with Crippen LogP contribution in [-0.2, 0) is 0 Å².